The summed E-state index contributed by atoms with van der Waals surface area (Å²) < 4.78 is 0. The van der Waals surface area contributed by atoms with Gasteiger partial charge in [-0.2, -0.15) is 0 Å². The summed E-state index contributed by atoms with van der Waals surface area (Å²) in [5, 5.41) is 3.58. The van der Waals surface area contributed by atoms with Crippen LogP contribution in [0.5, 0.6) is 0 Å². The number of rotatable bonds is 8. The van der Waals surface area contributed by atoms with Crippen molar-refractivity contribution in [3.8, 4) is 0 Å². The van der Waals surface area contributed by atoms with Crippen LogP contribution in [0.3, 0.4) is 0 Å². The van der Waals surface area contributed by atoms with Crippen molar-refractivity contribution in [2.45, 2.75) is 18.9 Å². The Bertz CT molecular complexity index is 661. The van der Waals surface area contributed by atoms with Gasteiger partial charge in [-0.1, -0.05) is 85.0 Å². The standard InChI is InChI=1S/C23H28N2/c1-3-10-21(11-4-1)14-7-17-24-20-23-16-9-19-25(23)18-8-15-22-12-5-2-6-13-22/h1-8,10-15,23-24H,9,16-20H2/b14-7+,15-8+/t23-/m0/s1. The molecule has 1 fully saturated rings. The SMILES string of the molecule is C(=C\c1ccccc1)/CNC[C@@H]1CCCN1C/C=C/c1ccccc1. The van der Waals surface area contributed by atoms with E-state index < -0.39 is 0 Å². The molecule has 130 valence electrons. The van der Waals surface area contributed by atoms with Gasteiger partial charge in [-0.3, -0.25) is 4.90 Å². The first-order valence-electron chi connectivity index (χ1n) is 9.30. The molecular weight excluding hydrogens is 304 g/mol. The third-order valence-corrected chi connectivity index (χ3v) is 4.70. The molecule has 1 saturated heterocycles. The average molecular weight is 332 g/mol. The van der Waals surface area contributed by atoms with E-state index >= 15 is 0 Å². The van der Waals surface area contributed by atoms with Gasteiger partial charge < -0.3 is 5.32 Å². The summed E-state index contributed by atoms with van der Waals surface area (Å²) in [4.78, 5) is 2.59. The number of hydrogen-bond acceptors (Lipinski definition) is 2. The molecule has 0 radical (unpaired) electrons. The van der Waals surface area contributed by atoms with Gasteiger partial charge in [0, 0.05) is 25.7 Å². The Labute approximate surface area is 151 Å². The molecule has 1 heterocycles. The van der Waals surface area contributed by atoms with E-state index in [-0.39, 0.29) is 0 Å². The maximum atomic E-state index is 3.58. The molecule has 0 saturated carbocycles. The minimum atomic E-state index is 0.658. The van der Waals surface area contributed by atoms with E-state index in [4.69, 9.17) is 0 Å². The van der Waals surface area contributed by atoms with Gasteiger partial charge in [0.2, 0.25) is 0 Å². The average Bonchev–Trinajstić information content (AvgIpc) is 3.11. The molecule has 2 aromatic rings. The highest BCUT2D eigenvalue weighted by Crippen LogP contribution is 2.16. The molecule has 2 heteroatoms. The predicted octanol–water partition coefficient (Wildman–Crippen LogP) is 4.47. The van der Waals surface area contributed by atoms with Crippen LogP contribution in [0.4, 0.5) is 0 Å². The van der Waals surface area contributed by atoms with E-state index in [9.17, 15) is 0 Å². The van der Waals surface area contributed by atoms with Crippen molar-refractivity contribution in [2.75, 3.05) is 26.2 Å². The highest BCUT2D eigenvalue weighted by atomic mass is 15.2. The van der Waals surface area contributed by atoms with Gasteiger partial charge in [-0.25, -0.2) is 0 Å². The Kier molecular flexibility index (Phi) is 7.04. The van der Waals surface area contributed by atoms with Gasteiger partial charge in [0.1, 0.15) is 0 Å². The number of nitrogens with zero attached hydrogens (tertiary/aromatic N) is 1. The molecule has 1 atom stereocenters. The Morgan fingerprint density at radius 2 is 1.52 bits per heavy atom. The number of nitrogens with one attached hydrogen (secondary N) is 1. The fourth-order valence-electron chi connectivity index (χ4n) is 3.35. The third kappa shape index (κ3) is 6.00. The van der Waals surface area contributed by atoms with Crippen LogP contribution in [0.25, 0.3) is 12.2 Å². The largest absolute Gasteiger partial charge is 0.312 e. The first-order valence-corrected chi connectivity index (χ1v) is 9.30. The fourth-order valence-corrected chi connectivity index (χ4v) is 3.35. The second kappa shape index (κ2) is 9.97. The van der Waals surface area contributed by atoms with Crippen LogP contribution in [0.15, 0.2) is 72.8 Å². The lowest BCUT2D eigenvalue weighted by atomic mass is 10.2. The molecule has 1 aliphatic heterocycles. The maximum absolute atomic E-state index is 3.58. The summed E-state index contributed by atoms with van der Waals surface area (Å²) >= 11 is 0. The van der Waals surface area contributed by atoms with Crippen LogP contribution in [-0.4, -0.2) is 37.1 Å². The number of hydrogen-bond donors (Lipinski definition) is 1. The van der Waals surface area contributed by atoms with E-state index in [0.29, 0.717) is 6.04 Å². The summed E-state index contributed by atoms with van der Waals surface area (Å²) in [6.45, 7) is 4.25. The van der Waals surface area contributed by atoms with Crippen LogP contribution in [0.2, 0.25) is 0 Å². The van der Waals surface area contributed by atoms with Crippen molar-refractivity contribution in [1.82, 2.24) is 10.2 Å². The summed E-state index contributed by atoms with van der Waals surface area (Å²) in [5.74, 6) is 0. The summed E-state index contributed by atoms with van der Waals surface area (Å²) in [6.07, 6.45) is 11.5. The molecule has 0 unspecified atom stereocenters. The smallest absolute Gasteiger partial charge is 0.0224 e. The Morgan fingerprint density at radius 3 is 2.20 bits per heavy atom. The monoisotopic (exact) mass is 332 g/mol. The molecule has 1 aliphatic rings. The van der Waals surface area contributed by atoms with Crippen molar-refractivity contribution < 1.29 is 0 Å². The summed E-state index contributed by atoms with van der Waals surface area (Å²) in [6, 6.07) is 21.7. The molecule has 2 aromatic carbocycles. The molecule has 25 heavy (non-hydrogen) atoms. The molecule has 0 aromatic heterocycles. The Hall–Kier alpha value is -2.16. The van der Waals surface area contributed by atoms with Gasteiger partial charge in [-0.15, -0.1) is 0 Å². The van der Waals surface area contributed by atoms with E-state index in [1.807, 2.05) is 0 Å². The fraction of sp³-hybridized carbons (Fsp3) is 0.304. The lowest BCUT2D eigenvalue weighted by molar-refractivity contribution is 0.275. The zero-order chi connectivity index (χ0) is 17.2. The van der Waals surface area contributed by atoms with E-state index in [2.05, 4.69) is 95.2 Å². The van der Waals surface area contributed by atoms with Crippen molar-refractivity contribution >= 4 is 12.2 Å². The molecule has 0 bridgehead atoms. The normalized spacial score (nSPS) is 18.5. The van der Waals surface area contributed by atoms with Gasteiger partial charge in [-0.05, 0) is 30.5 Å². The van der Waals surface area contributed by atoms with Crippen LogP contribution in [-0.2, 0) is 0 Å². The molecule has 3 rings (SSSR count). The molecule has 0 amide bonds. The van der Waals surface area contributed by atoms with Crippen molar-refractivity contribution in [1.29, 1.82) is 0 Å². The van der Waals surface area contributed by atoms with Crippen molar-refractivity contribution in [3.05, 3.63) is 83.9 Å². The minimum absolute atomic E-state index is 0.658. The van der Waals surface area contributed by atoms with Gasteiger partial charge in [0.05, 0.1) is 0 Å². The summed E-state index contributed by atoms with van der Waals surface area (Å²) in [7, 11) is 0. The first kappa shape index (κ1) is 17.7. The van der Waals surface area contributed by atoms with Crippen molar-refractivity contribution in [3.63, 3.8) is 0 Å². The topological polar surface area (TPSA) is 15.3 Å². The van der Waals surface area contributed by atoms with Gasteiger partial charge in [0.15, 0.2) is 0 Å². The molecule has 2 nitrogen and oxygen atoms in total. The predicted molar refractivity (Wildman–Crippen MR) is 108 cm³/mol. The van der Waals surface area contributed by atoms with E-state index in [1.165, 1.54) is 30.5 Å². The lowest BCUT2D eigenvalue weighted by Crippen LogP contribution is -2.38. The van der Waals surface area contributed by atoms with Crippen LogP contribution in [0.1, 0.15) is 24.0 Å². The highest BCUT2D eigenvalue weighted by molar-refractivity contribution is 5.49. The zero-order valence-electron chi connectivity index (χ0n) is 14.9. The number of benzene rings is 2. The van der Waals surface area contributed by atoms with Crippen LogP contribution < -0.4 is 5.32 Å². The van der Waals surface area contributed by atoms with Gasteiger partial charge in [0.25, 0.3) is 0 Å². The van der Waals surface area contributed by atoms with E-state index in [0.717, 1.165) is 19.6 Å². The quantitative estimate of drug-likeness (QED) is 0.718. The van der Waals surface area contributed by atoms with Crippen LogP contribution in [0, 0.1) is 0 Å². The second-order valence-corrected chi connectivity index (χ2v) is 6.58. The highest BCUT2D eigenvalue weighted by Gasteiger charge is 2.22. The summed E-state index contributed by atoms with van der Waals surface area (Å²) in [5.41, 5.74) is 2.54. The minimum Gasteiger partial charge on any atom is -0.312 e. The number of likely N-dealkylation sites (tertiary alicyclic amines) is 1. The third-order valence-electron chi connectivity index (χ3n) is 4.70. The Balaban J connectivity index is 1.38. The van der Waals surface area contributed by atoms with E-state index in [1.54, 1.807) is 0 Å². The van der Waals surface area contributed by atoms with Gasteiger partial charge >= 0.3 is 0 Å². The maximum Gasteiger partial charge on any atom is 0.0224 e. The molecule has 1 N–H and O–H groups in total. The van der Waals surface area contributed by atoms with Crippen LogP contribution >= 0.6 is 0 Å². The van der Waals surface area contributed by atoms with Crippen molar-refractivity contribution in [2.24, 2.45) is 0 Å². The lowest BCUT2D eigenvalue weighted by Gasteiger charge is -2.23. The zero-order valence-corrected chi connectivity index (χ0v) is 14.9. The second-order valence-electron chi connectivity index (χ2n) is 6.58. The first-order chi connectivity index (χ1) is 12.4. The Morgan fingerprint density at radius 1 is 0.880 bits per heavy atom. The molecule has 0 aliphatic carbocycles. The molecular formula is C23H28N2. The molecule has 0 spiro atoms.